The summed E-state index contributed by atoms with van der Waals surface area (Å²) in [7, 11) is 0. The molecule has 122 valence electrons. The van der Waals surface area contributed by atoms with Crippen molar-refractivity contribution in [2.24, 2.45) is 0 Å². The van der Waals surface area contributed by atoms with E-state index in [1.54, 1.807) is 0 Å². The molecule has 0 bridgehead atoms. The van der Waals surface area contributed by atoms with Gasteiger partial charge in [-0.3, -0.25) is 0 Å². The standard InChI is InChI=1S/C19H24N2O2/c1-4-11-21(12-5-2)18-17(19(22)23)16(13-14(3)20-18)15-9-7-6-8-10-15/h6-10,13H,4-5,11-12H2,1-3H3,(H,22,23). The van der Waals surface area contributed by atoms with Crippen LogP contribution < -0.4 is 4.90 Å². The van der Waals surface area contributed by atoms with Gasteiger partial charge >= 0.3 is 5.97 Å². The van der Waals surface area contributed by atoms with Gasteiger partial charge in [-0.2, -0.15) is 0 Å². The van der Waals surface area contributed by atoms with E-state index in [1.165, 1.54) is 0 Å². The third kappa shape index (κ3) is 3.89. The largest absolute Gasteiger partial charge is 0.478 e. The average molecular weight is 312 g/mol. The number of rotatable bonds is 7. The number of aromatic carboxylic acids is 1. The SMILES string of the molecule is CCCN(CCC)c1nc(C)cc(-c2ccccc2)c1C(=O)O. The molecule has 0 radical (unpaired) electrons. The van der Waals surface area contributed by atoms with Gasteiger partial charge in [0, 0.05) is 24.3 Å². The zero-order valence-electron chi connectivity index (χ0n) is 14.0. The molecule has 0 fully saturated rings. The number of aryl methyl sites for hydroxylation is 1. The van der Waals surface area contributed by atoms with E-state index in [0.29, 0.717) is 11.4 Å². The van der Waals surface area contributed by atoms with E-state index in [0.717, 1.165) is 42.8 Å². The second-order valence-corrected chi connectivity index (χ2v) is 5.67. The summed E-state index contributed by atoms with van der Waals surface area (Å²) in [6, 6.07) is 11.5. The Morgan fingerprint density at radius 3 is 2.26 bits per heavy atom. The number of benzene rings is 1. The predicted octanol–water partition coefficient (Wildman–Crippen LogP) is 4.38. The molecule has 0 unspecified atom stereocenters. The molecule has 23 heavy (non-hydrogen) atoms. The molecule has 0 aliphatic carbocycles. The number of carboxylic acids is 1. The van der Waals surface area contributed by atoms with Crippen molar-refractivity contribution >= 4 is 11.8 Å². The molecular formula is C19H24N2O2. The highest BCUT2D eigenvalue weighted by molar-refractivity contribution is 6.01. The van der Waals surface area contributed by atoms with E-state index in [9.17, 15) is 9.90 Å². The van der Waals surface area contributed by atoms with Crippen LogP contribution in [0.4, 0.5) is 5.82 Å². The van der Waals surface area contributed by atoms with Gasteiger partial charge in [0.05, 0.1) is 0 Å². The molecule has 0 atom stereocenters. The van der Waals surface area contributed by atoms with Gasteiger partial charge in [0.2, 0.25) is 0 Å². The van der Waals surface area contributed by atoms with Crippen LogP contribution in [0.3, 0.4) is 0 Å². The van der Waals surface area contributed by atoms with Crippen molar-refractivity contribution in [3.63, 3.8) is 0 Å². The number of nitrogens with zero attached hydrogens (tertiary/aromatic N) is 2. The number of aromatic nitrogens is 1. The fourth-order valence-electron chi connectivity index (χ4n) is 2.81. The van der Waals surface area contributed by atoms with E-state index < -0.39 is 5.97 Å². The molecule has 0 amide bonds. The van der Waals surface area contributed by atoms with Gasteiger partial charge in [0.15, 0.2) is 0 Å². The first kappa shape index (κ1) is 17.0. The summed E-state index contributed by atoms with van der Waals surface area (Å²) in [4.78, 5) is 18.6. The second kappa shape index (κ2) is 7.77. The number of hydrogen-bond donors (Lipinski definition) is 1. The summed E-state index contributed by atoms with van der Waals surface area (Å²) < 4.78 is 0. The fraction of sp³-hybridized carbons (Fsp3) is 0.368. The zero-order valence-corrected chi connectivity index (χ0v) is 14.0. The Hall–Kier alpha value is -2.36. The van der Waals surface area contributed by atoms with E-state index in [1.807, 2.05) is 43.3 Å². The summed E-state index contributed by atoms with van der Waals surface area (Å²) in [5, 5.41) is 9.82. The molecule has 0 saturated carbocycles. The Morgan fingerprint density at radius 2 is 1.74 bits per heavy atom. The highest BCUT2D eigenvalue weighted by atomic mass is 16.4. The minimum absolute atomic E-state index is 0.295. The third-order valence-electron chi connectivity index (χ3n) is 3.71. The van der Waals surface area contributed by atoms with Gasteiger partial charge in [-0.15, -0.1) is 0 Å². The quantitative estimate of drug-likeness (QED) is 0.824. The van der Waals surface area contributed by atoms with Crippen LogP contribution >= 0.6 is 0 Å². The van der Waals surface area contributed by atoms with E-state index in [4.69, 9.17) is 0 Å². The number of anilines is 1. The molecule has 4 nitrogen and oxygen atoms in total. The first-order valence-corrected chi connectivity index (χ1v) is 8.13. The lowest BCUT2D eigenvalue weighted by Crippen LogP contribution is -2.28. The van der Waals surface area contributed by atoms with Gasteiger partial charge in [0.25, 0.3) is 0 Å². The van der Waals surface area contributed by atoms with Crippen LogP contribution in [0, 0.1) is 6.92 Å². The van der Waals surface area contributed by atoms with Crippen LogP contribution in [0.25, 0.3) is 11.1 Å². The first-order chi connectivity index (χ1) is 11.1. The first-order valence-electron chi connectivity index (χ1n) is 8.13. The van der Waals surface area contributed by atoms with Crippen molar-refractivity contribution in [3.05, 3.63) is 47.7 Å². The van der Waals surface area contributed by atoms with Gasteiger partial charge in [0.1, 0.15) is 11.4 Å². The van der Waals surface area contributed by atoms with Crippen LogP contribution in [0.15, 0.2) is 36.4 Å². The van der Waals surface area contributed by atoms with Crippen LogP contribution in [0.2, 0.25) is 0 Å². The topological polar surface area (TPSA) is 53.4 Å². The van der Waals surface area contributed by atoms with Crippen molar-refractivity contribution in [2.45, 2.75) is 33.6 Å². The normalized spacial score (nSPS) is 10.6. The molecule has 1 aromatic heterocycles. The van der Waals surface area contributed by atoms with Crippen molar-refractivity contribution in [1.29, 1.82) is 0 Å². The molecule has 0 saturated heterocycles. The maximum atomic E-state index is 12.0. The Labute approximate surface area is 137 Å². The summed E-state index contributed by atoms with van der Waals surface area (Å²) in [5.74, 6) is -0.344. The molecule has 1 heterocycles. The number of hydrogen-bond acceptors (Lipinski definition) is 3. The van der Waals surface area contributed by atoms with E-state index >= 15 is 0 Å². The van der Waals surface area contributed by atoms with Crippen LogP contribution in [-0.4, -0.2) is 29.1 Å². The summed E-state index contributed by atoms with van der Waals surface area (Å²) in [6.07, 6.45) is 1.91. The molecular weight excluding hydrogens is 288 g/mol. The number of carboxylic acid groups (broad SMARTS) is 1. The lowest BCUT2D eigenvalue weighted by Gasteiger charge is -2.25. The Balaban J connectivity index is 2.66. The predicted molar refractivity (Wildman–Crippen MR) is 94.2 cm³/mol. The van der Waals surface area contributed by atoms with Crippen LogP contribution in [-0.2, 0) is 0 Å². The molecule has 0 aliphatic heterocycles. The molecule has 1 aromatic carbocycles. The molecule has 4 heteroatoms. The van der Waals surface area contributed by atoms with E-state index in [-0.39, 0.29) is 0 Å². The number of carbonyl (C=O) groups is 1. The Bertz CT molecular complexity index is 663. The highest BCUT2D eigenvalue weighted by Crippen LogP contribution is 2.31. The van der Waals surface area contributed by atoms with Crippen molar-refractivity contribution < 1.29 is 9.90 Å². The van der Waals surface area contributed by atoms with E-state index in [2.05, 4.69) is 23.7 Å². The molecule has 2 aromatic rings. The van der Waals surface area contributed by atoms with Gasteiger partial charge < -0.3 is 10.0 Å². The summed E-state index contributed by atoms with van der Waals surface area (Å²) >= 11 is 0. The minimum atomic E-state index is -0.927. The number of pyridine rings is 1. The minimum Gasteiger partial charge on any atom is -0.478 e. The zero-order chi connectivity index (χ0) is 16.8. The fourth-order valence-corrected chi connectivity index (χ4v) is 2.81. The van der Waals surface area contributed by atoms with Gasteiger partial charge in [-0.25, -0.2) is 9.78 Å². The summed E-state index contributed by atoms with van der Waals surface area (Å²) in [5.41, 5.74) is 2.77. The molecule has 0 spiro atoms. The van der Waals surface area contributed by atoms with Gasteiger partial charge in [-0.05, 0) is 31.4 Å². The summed E-state index contributed by atoms with van der Waals surface area (Å²) in [6.45, 7) is 7.71. The maximum Gasteiger partial charge on any atom is 0.340 e. The van der Waals surface area contributed by atoms with Crippen molar-refractivity contribution in [2.75, 3.05) is 18.0 Å². The maximum absolute atomic E-state index is 12.0. The second-order valence-electron chi connectivity index (χ2n) is 5.67. The van der Waals surface area contributed by atoms with Gasteiger partial charge in [-0.1, -0.05) is 44.2 Å². The lowest BCUT2D eigenvalue weighted by atomic mass is 9.99. The average Bonchev–Trinajstić information content (AvgIpc) is 2.54. The highest BCUT2D eigenvalue weighted by Gasteiger charge is 2.22. The molecule has 2 rings (SSSR count). The molecule has 1 N–H and O–H groups in total. The Kier molecular flexibility index (Phi) is 5.74. The molecule has 0 aliphatic rings. The lowest BCUT2D eigenvalue weighted by molar-refractivity contribution is 0.0698. The Morgan fingerprint density at radius 1 is 1.13 bits per heavy atom. The van der Waals surface area contributed by atoms with Crippen molar-refractivity contribution in [1.82, 2.24) is 4.98 Å². The smallest absolute Gasteiger partial charge is 0.340 e. The monoisotopic (exact) mass is 312 g/mol. The van der Waals surface area contributed by atoms with Crippen LogP contribution in [0.1, 0.15) is 42.7 Å². The van der Waals surface area contributed by atoms with Crippen LogP contribution in [0.5, 0.6) is 0 Å². The third-order valence-corrected chi connectivity index (χ3v) is 3.71. The van der Waals surface area contributed by atoms with Crippen molar-refractivity contribution in [3.8, 4) is 11.1 Å².